The van der Waals surface area contributed by atoms with Gasteiger partial charge in [-0.2, -0.15) is 0 Å². The molecule has 0 aliphatic rings. The molecule has 134 valence electrons. The van der Waals surface area contributed by atoms with Gasteiger partial charge in [0.1, 0.15) is 0 Å². The van der Waals surface area contributed by atoms with Crippen LogP contribution in [0.25, 0.3) is 11.4 Å². The van der Waals surface area contributed by atoms with E-state index in [1.54, 1.807) is 35.0 Å². The van der Waals surface area contributed by atoms with Crippen LogP contribution in [0.4, 0.5) is 0 Å². The van der Waals surface area contributed by atoms with Crippen LogP contribution in [-0.2, 0) is 13.6 Å². The minimum Gasteiger partial charge on any atom is -0.310 e. The summed E-state index contributed by atoms with van der Waals surface area (Å²) in [7, 11) is 1.84. The Morgan fingerprint density at radius 2 is 2.08 bits per heavy atom. The van der Waals surface area contributed by atoms with Gasteiger partial charge in [-0.1, -0.05) is 47.1 Å². The molecule has 0 saturated heterocycles. The third-order valence-electron chi connectivity index (χ3n) is 3.78. The summed E-state index contributed by atoms with van der Waals surface area (Å²) in [6.07, 6.45) is 3.52. The summed E-state index contributed by atoms with van der Waals surface area (Å²) in [6.45, 7) is 4.04. The number of hydrogen-bond acceptors (Lipinski definition) is 4. The molecule has 26 heavy (non-hydrogen) atoms. The second kappa shape index (κ2) is 8.12. The van der Waals surface area contributed by atoms with Crippen molar-refractivity contribution in [2.24, 2.45) is 7.05 Å². The molecule has 0 unspecified atom stereocenters. The molecule has 0 atom stereocenters. The van der Waals surface area contributed by atoms with E-state index in [0.717, 1.165) is 16.5 Å². The van der Waals surface area contributed by atoms with Crippen LogP contribution in [0, 0.1) is 0 Å². The van der Waals surface area contributed by atoms with Gasteiger partial charge in [-0.05, 0) is 29.8 Å². The van der Waals surface area contributed by atoms with E-state index >= 15 is 0 Å². The predicted molar refractivity (Wildman–Crippen MR) is 107 cm³/mol. The largest absolute Gasteiger partial charge is 0.310 e. The molecular weight excluding hydrogens is 391 g/mol. The van der Waals surface area contributed by atoms with Crippen molar-refractivity contribution < 1.29 is 0 Å². The zero-order chi connectivity index (χ0) is 18.7. The van der Waals surface area contributed by atoms with Crippen LogP contribution >= 0.6 is 35.0 Å². The van der Waals surface area contributed by atoms with Crippen molar-refractivity contribution in [3.8, 4) is 11.4 Å². The van der Waals surface area contributed by atoms with Gasteiger partial charge in [0, 0.05) is 29.0 Å². The highest BCUT2D eigenvalue weighted by Crippen LogP contribution is 2.23. The third kappa shape index (κ3) is 3.87. The Hall–Kier alpha value is -2.02. The lowest BCUT2D eigenvalue weighted by atomic mass is 10.2. The maximum atomic E-state index is 12.9. The highest BCUT2D eigenvalue weighted by atomic mass is 35.5. The van der Waals surface area contributed by atoms with Gasteiger partial charge >= 0.3 is 0 Å². The van der Waals surface area contributed by atoms with Crippen LogP contribution in [-0.4, -0.2) is 25.1 Å². The van der Waals surface area contributed by atoms with Crippen LogP contribution in [0.3, 0.4) is 0 Å². The van der Waals surface area contributed by atoms with E-state index in [2.05, 4.69) is 16.8 Å². The zero-order valence-corrected chi connectivity index (χ0v) is 16.4. The Morgan fingerprint density at radius 3 is 2.81 bits per heavy atom. The van der Waals surface area contributed by atoms with Crippen molar-refractivity contribution in [2.45, 2.75) is 11.7 Å². The molecule has 0 N–H and O–H groups in total. The molecule has 0 bridgehead atoms. The highest BCUT2D eigenvalue weighted by molar-refractivity contribution is 7.99. The molecule has 2 heterocycles. The summed E-state index contributed by atoms with van der Waals surface area (Å²) >= 11 is 13.7. The fourth-order valence-electron chi connectivity index (χ4n) is 2.47. The minimum absolute atomic E-state index is 0.158. The first-order chi connectivity index (χ1) is 12.5. The van der Waals surface area contributed by atoms with Crippen molar-refractivity contribution in [3.63, 3.8) is 0 Å². The van der Waals surface area contributed by atoms with Gasteiger partial charge in [0.05, 0.1) is 12.1 Å². The van der Waals surface area contributed by atoms with Gasteiger partial charge < -0.3 is 9.13 Å². The molecule has 0 saturated carbocycles. The van der Waals surface area contributed by atoms with Crippen LogP contribution in [0.2, 0.25) is 10.0 Å². The summed E-state index contributed by atoms with van der Waals surface area (Å²) in [5, 5.41) is 10.1. The van der Waals surface area contributed by atoms with Crippen molar-refractivity contribution in [1.82, 2.24) is 19.3 Å². The number of nitrogens with zero attached hydrogens (tertiary/aromatic N) is 4. The number of halogens is 2. The maximum absolute atomic E-state index is 12.9. The lowest BCUT2D eigenvalue weighted by Crippen LogP contribution is -2.22. The fraction of sp³-hybridized carbons (Fsp3) is 0.167. The molecule has 3 aromatic rings. The Kier molecular flexibility index (Phi) is 5.86. The Bertz CT molecular complexity index is 1010. The molecule has 3 rings (SSSR count). The smallest absolute Gasteiger partial charge is 0.261 e. The lowest BCUT2D eigenvalue weighted by Gasteiger charge is -2.10. The van der Waals surface area contributed by atoms with E-state index in [0.29, 0.717) is 28.0 Å². The highest BCUT2D eigenvalue weighted by Gasteiger charge is 2.15. The number of hydrogen-bond donors (Lipinski definition) is 0. The molecule has 0 fully saturated rings. The predicted octanol–water partition coefficient (Wildman–Crippen LogP) is 4.28. The summed E-state index contributed by atoms with van der Waals surface area (Å²) < 4.78 is 3.40. The first-order valence-electron chi connectivity index (χ1n) is 7.78. The van der Waals surface area contributed by atoms with Crippen LogP contribution in [0.5, 0.6) is 0 Å². The topological polar surface area (TPSA) is 52.7 Å². The maximum Gasteiger partial charge on any atom is 0.261 e. The van der Waals surface area contributed by atoms with Crippen LogP contribution < -0.4 is 5.56 Å². The first-order valence-corrected chi connectivity index (χ1v) is 9.52. The molecule has 2 aromatic heterocycles. The summed E-state index contributed by atoms with van der Waals surface area (Å²) in [5.41, 5.74) is 1.14. The molecule has 0 aliphatic heterocycles. The number of pyridine rings is 1. The third-order valence-corrected chi connectivity index (χ3v) is 5.39. The summed E-state index contributed by atoms with van der Waals surface area (Å²) in [5.74, 6) is 1.25. The lowest BCUT2D eigenvalue weighted by molar-refractivity contribution is 0.754. The molecular formula is C18H16Cl2N4OS. The standard InChI is InChI=1S/C18H16Cl2N4OS/c1-3-9-26-18-22-21-16(23(18)2)14-5-4-8-24(17(14)25)11-12-6-7-13(19)10-15(12)20/h3-8,10H,1,9,11H2,2H3. The Morgan fingerprint density at radius 1 is 1.27 bits per heavy atom. The van der Waals surface area contributed by atoms with E-state index < -0.39 is 0 Å². The number of benzene rings is 1. The molecule has 1 aromatic carbocycles. The van der Waals surface area contributed by atoms with Crippen molar-refractivity contribution >= 4 is 35.0 Å². The average molecular weight is 407 g/mol. The van der Waals surface area contributed by atoms with E-state index in [-0.39, 0.29) is 5.56 Å². The second-order valence-corrected chi connectivity index (χ2v) is 7.39. The number of rotatable bonds is 6. The van der Waals surface area contributed by atoms with Gasteiger partial charge in [0.15, 0.2) is 11.0 Å². The van der Waals surface area contributed by atoms with Crippen molar-refractivity contribution in [1.29, 1.82) is 0 Å². The van der Waals surface area contributed by atoms with Crippen molar-refractivity contribution in [2.75, 3.05) is 5.75 Å². The van der Waals surface area contributed by atoms with Crippen LogP contribution in [0.15, 0.2) is 59.1 Å². The quantitative estimate of drug-likeness (QED) is 0.452. The Balaban J connectivity index is 1.96. The molecule has 0 amide bonds. The average Bonchev–Trinajstić information content (AvgIpc) is 2.97. The normalized spacial score (nSPS) is 10.9. The van der Waals surface area contributed by atoms with Gasteiger partial charge in [-0.25, -0.2) is 0 Å². The van der Waals surface area contributed by atoms with Crippen molar-refractivity contribution in [3.05, 3.63) is 75.1 Å². The first kappa shape index (κ1) is 18.8. The number of thioether (sulfide) groups is 1. The van der Waals surface area contributed by atoms with Gasteiger partial charge in [-0.3, -0.25) is 4.79 Å². The van der Waals surface area contributed by atoms with Gasteiger partial charge in [-0.15, -0.1) is 16.8 Å². The SMILES string of the molecule is C=CCSc1nnc(-c2cccn(Cc3ccc(Cl)cc3Cl)c2=O)n1C. The Labute approximate surface area is 165 Å². The second-order valence-electron chi connectivity index (χ2n) is 5.56. The van der Waals surface area contributed by atoms with Crippen LogP contribution in [0.1, 0.15) is 5.56 Å². The summed E-state index contributed by atoms with van der Waals surface area (Å²) in [4.78, 5) is 12.9. The monoisotopic (exact) mass is 406 g/mol. The van der Waals surface area contributed by atoms with E-state index in [4.69, 9.17) is 23.2 Å². The minimum atomic E-state index is -0.158. The molecule has 0 aliphatic carbocycles. The fourth-order valence-corrected chi connectivity index (χ4v) is 3.59. The number of aromatic nitrogens is 4. The van der Waals surface area contributed by atoms with E-state index in [1.165, 1.54) is 11.8 Å². The molecule has 8 heteroatoms. The summed E-state index contributed by atoms with van der Waals surface area (Å²) in [6, 6.07) is 8.79. The van der Waals surface area contributed by atoms with E-state index in [9.17, 15) is 4.79 Å². The zero-order valence-electron chi connectivity index (χ0n) is 14.0. The molecule has 0 radical (unpaired) electrons. The van der Waals surface area contributed by atoms with Gasteiger partial charge in [0.25, 0.3) is 5.56 Å². The molecule has 0 spiro atoms. The molecule has 5 nitrogen and oxygen atoms in total. The van der Waals surface area contributed by atoms with Gasteiger partial charge in [0.2, 0.25) is 0 Å². The van der Waals surface area contributed by atoms with E-state index in [1.807, 2.05) is 23.7 Å².